The molecule has 2 N–H and O–H groups in total. The summed E-state index contributed by atoms with van der Waals surface area (Å²) in [4.78, 5) is 28.5. The molecular weight excluding hydrogens is 352 g/mol. The minimum absolute atomic E-state index is 0.138. The number of aromatic hydroxyl groups is 1. The van der Waals surface area contributed by atoms with Gasteiger partial charge < -0.3 is 14.8 Å². The van der Waals surface area contributed by atoms with Crippen LogP contribution in [0.3, 0.4) is 0 Å². The number of fused-ring (bicyclic) bond motifs is 1. The summed E-state index contributed by atoms with van der Waals surface area (Å²) in [6, 6.07) is 2.80. The molecule has 1 aromatic carbocycles. The smallest absolute Gasteiger partial charge is 0.340 e. The molecule has 2 aromatic heterocycles. The number of phenolic OH excluding ortho intramolecular Hbond substituents is 1. The van der Waals surface area contributed by atoms with Gasteiger partial charge in [-0.1, -0.05) is 11.6 Å². The Bertz CT molecular complexity index is 1010. The highest BCUT2D eigenvalue weighted by atomic mass is 35.5. The summed E-state index contributed by atoms with van der Waals surface area (Å²) >= 11 is 7.22. The van der Waals surface area contributed by atoms with Gasteiger partial charge in [0.25, 0.3) is 0 Å². The normalized spacial score (nSPS) is 11.0. The first-order chi connectivity index (χ1) is 11.3. The van der Waals surface area contributed by atoms with Crippen LogP contribution in [0.5, 0.6) is 5.75 Å². The standard InChI is InChI=1S/C16H13ClN2O4S/c1-7-6-24-16(18-7)19-14(21)4-10-8(2)9-3-11(17)12(20)5-13(9)23-15(10)22/h3,5-6,20H,4H2,1-2H3,(H,18,19,21). The number of rotatable bonds is 3. The molecule has 8 heteroatoms. The van der Waals surface area contributed by atoms with Crippen molar-refractivity contribution in [2.75, 3.05) is 5.32 Å². The molecule has 0 aliphatic heterocycles. The van der Waals surface area contributed by atoms with E-state index in [1.54, 1.807) is 6.92 Å². The second-order valence-electron chi connectivity index (χ2n) is 5.31. The van der Waals surface area contributed by atoms with E-state index in [0.717, 1.165) is 5.69 Å². The van der Waals surface area contributed by atoms with E-state index in [9.17, 15) is 14.7 Å². The summed E-state index contributed by atoms with van der Waals surface area (Å²) in [5.74, 6) is -0.527. The predicted octanol–water partition coefficient (Wildman–Crippen LogP) is 3.41. The zero-order valence-corrected chi connectivity index (χ0v) is 14.4. The third-order valence-corrected chi connectivity index (χ3v) is 4.74. The van der Waals surface area contributed by atoms with Gasteiger partial charge >= 0.3 is 5.63 Å². The SMILES string of the molecule is Cc1csc(NC(=O)Cc2c(C)c3cc(Cl)c(O)cc3oc2=O)n1. The molecule has 2 heterocycles. The average molecular weight is 365 g/mol. The van der Waals surface area contributed by atoms with Crippen LogP contribution in [0.15, 0.2) is 26.7 Å². The number of benzene rings is 1. The molecule has 0 atom stereocenters. The van der Waals surface area contributed by atoms with Crippen LogP contribution in [0, 0.1) is 13.8 Å². The number of carbonyl (C=O) groups excluding carboxylic acids is 1. The first kappa shape index (κ1) is 16.5. The topological polar surface area (TPSA) is 92.4 Å². The van der Waals surface area contributed by atoms with Crippen molar-refractivity contribution < 1.29 is 14.3 Å². The second-order valence-corrected chi connectivity index (χ2v) is 6.58. The lowest BCUT2D eigenvalue weighted by molar-refractivity contribution is -0.115. The molecule has 0 radical (unpaired) electrons. The number of anilines is 1. The molecule has 3 rings (SSSR count). The quantitative estimate of drug-likeness (QED) is 0.695. The number of phenols is 1. The summed E-state index contributed by atoms with van der Waals surface area (Å²) in [5.41, 5.74) is 1.25. The highest BCUT2D eigenvalue weighted by Gasteiger charge is 2.17. The first-order valence-corrected chi connectivity index (χ1v) is 8.27. The van der Waals surface area contributed by atoms with E-state index in [1.165, 1.54) is 23.5 Å². The van der Waals surface area contributed by atoms with Crippen molar-refractivity contribution in [1.29, 1.82) is 0 Å². The van der Waals surface area contributed by atoms with Crippen LogP contribution in [0.1, 0.15) is 16.8 Å². The van der Waals surface area contributed by atoms with Crippen LogP contribution in [0.4, 0.5) is 5.13 Å². The van der Waals surface area contributed by atoms with E-state index < -0.39 is 5.63 Å². The third kappa shape index (κ3) is 3.13. The van der Waals surface area contributed by atoms with E-state index in [1.807, 2.05) is 12.3 Å². The van der Waals surface area contributed by atoms with Crippen LogP contribution in [0.2, 0.25) is 5.02 Å². The number of aromatic nitrogens is 1. The lowest BCUT2D eigenvalue weighted by Crippen LogP contribution is -2.20. The number of carbonyl (C=O) groups is 1. The first-order valence-electron chi connectivity index (χ1n) is 7.02. The van der Waals surface area contributed by atoms with Crippen molar-refractivity contribution in [2.24, 2.45) is 0 Å². The fraction of sp³-hybridized carbons (Fsp3) is 0.188. The van der Waals surface area contributed by atoms with Crippen molar-refractivity contribution >= 4 is 44.9 Å². The van der Waals surface area contributed by atoms with Gasteiger partial charge in [-0.05, 0) is 25.5 Å². The summed E-state index contributed by atoms with van der Waals surface area (Å²) < 4.78 is 5.20. The molecule has 6 nitrogen and oxygen atoms in total. The molecule has 0 unspecified atom stereocenters. The summed E-state index contributed by atoms with van der Waals surface area (Å²) in [6.45, 7) is 3.54. The second kappa shape index (κ2) is 6.26. The van der Waals surface area contributed by atoms with E-state index in [-0.39, 0.29) is 34.2 Å². The number of thiazole rings is 1. The van der Waals surface area contributed by atoms with Crippen molar-refractivity contribution in [3.05, 3.63) is 49.8 Å². The number of hydrogen-bond donors (Lipinski definition) is 2. The monoisotopic (exact) mass is 364 g/mol. The Kier molecular flexibility index (Phi) is 4.29. The van der Waals surface area contributed by atoms with Crippen molar-refractivity contribution in [2.45, 2.75) is 20.3 Å². The van der Waals surface area contributed by atoms with Gasteiger partial charge in [-0.15, -0.1) is 11.3 Å². The number of hydrogen-bond acceptors (Lipinski definition) is 6. The predicted molar refractivity (Wildman–Crippen MR) is 93.1 cm³/mol. The number of nitrogens with zero attached hydrogens (tertiary/aromatic N) is 1. The maximum atomic E-state index is 12.2. The van der Waals surface area contributed by atoms with Crippen LogP contribution in [0.25, 0.3) is 11.0 Å². The van der Waals surface area contributed by atoms with Crippen molar-refractivity contribution in [1.82, 2.24) is 4.98 Å². The van der Waals surface area contributed by atoms with Gasteiger partial charge in [-0.25, -0.2) is 9.78 Å². The number of halogens is 1. The van der Waals surface area contributed by atoms with Crippen molar-refractivity contribution in [3.63, 3.8) is 0 Å². The molecule has 3 aromatic rings. The van der Waals surface area contributed by atoms with Crippen molar-refractivity contribution in [3.8, 4) is 5.75 Å². The van der Waals surface area contributed by atoms with Gasteiger partial charge in [-0.2, -0.15) is 0 Å². The molecule has 0 aliphatic carbocycles. The molecule has 124 valence electrons. The molecule has 0 saturated carbocycles. The highest BCUT2D eigenvalue weighted by Crippen LogP contribution is 2.30. The summed E-state index contributed by atoms with van der Waals surface area (Å²) in [6.07, 6.45) is -0.138. The fourth-order valence-corrected chi connectivity index (χ4v) is 3.21. The average Bonchev–Trinajstić information content (AvgIpc) is 2.91. The Morgan fingerprint density at radius 3 is 2.83 bits per heavy atom. The summed E-state index contributed by atoms with van der Waals surface area (Å²) in [5, 5.41) is 15.3. The molecule has 0 spiro atoms. The lowest BCUT2D eigenvalue weighted by Gasteiger charge is -2.08. The van der Waals surface area contributed by atoms with E-state index in [0.29, 0.717) is 16.1 Å². The van der Waals surface area contributed by atoms with Gasteiger partial charge in [0.2, 0.25) is 5.91 Å². The molecule has 0 saturated heterocycles. The third-order valence-electron chi connectivity index (χ3n) is 3.56. The van der Waals surface area contributed by atoms with Gasteiger partial charge in [0.1, 0.15) is 11.3 Å². The molecule has 0 aliphatic rings. The Morgan fingerprint density at radius 2 is 2.17 bits per heavy atom. The minimum atomic E-state index is -0.618. The van der Waals surface area contributed by atoms with E-state index in [2.05, 4.69) is 10.3 Å². The lowest BCUT2D eigenvalue weighted by atomic mass is 10.0. The molecular formula is C16H13ClN2O4S. The highest BCUT2D eigenvalue weighted by molar-refractivity contribution is 7.13. The molecule has 0 fully saturated rings. The van der Waals surface area contributed by atoms with E-state index in [4.69, 9.17) is 16.0 Å². The van der Waals surface area contributed by atoms with Gasteiger partial charge in [-0.3, -0.25) is 4.79 Å². The maximum absolute atomic E-state index is 12.2. The maximum Gasteiger partial charge on any atom is 0.340 e. The largest absolute Gasteiger partial charge is 0.506 e. The molecule has 1 amide bonds. The van der Waals surface area contributed by atoms with Crippen LogP contribution >= 0.6 is 22.9 Å². The van der Waals surface area contributed by atoms with Crippen LogP contribution in [-0.4, -0.2) is 16.0 Å². The number of nitrogens with one attached hydrogen (secondary N) is 1. The van der Waals surface area contributed by atoms with Crippen LogP contribution in [-0.2, 0) is 11.2 Å². The van der Waals surface area contributed by atoms with Gasteiger partial charge in [0, 0.05) is 16.8 Å². The number of amides is 1. The Hall–Kier alpha value is -2.38. The molecule has 24 heavy (non-hydrogen) atoms. The Labute approximate surface area is 145 Å². The Balaban J connectivity index is 1.95. The minimum Gasteiger partial charge on any atom is -0.506 e. The zero-order chi connectivity index (χ0) is 17.4. The number of aryl methyl sites for hydroxylation is 2. The van der Waals surface area contributed by atoms with E-state index >= 15 is 0 Å². The Morgan fingerprint density at radius 1 is 1.42 bits per heavy atom. The van der Waals surface area contributed by atoms with Crippen LogP contribution < -0.4 is 10.9 Å². The molecule has 0 bridgehead atoms. The van der Waals surface area contributed by atoms with Gasteiger partial charge in [0.05, 0.1) is 22.7 Å². The fourth-order valence-electron chi connectivity index (χ4n) is 2.34. The summed E-state index contributed by atoms with van der Waals surface area (Å²) in [7, 11) is 0. The van der Waals surface area contributed by atoms with Gasteiger partial charge in [0.15, 0.2) is 5.13 Å². The zero-order valence-electron chi connectivity index (χ0n) is 12.8.